The molecular weight excluding hydrogens is 426 g/mol. The smallest absolute Gasteiger partial charge is 0.251 e. The average Bonchev–Trinajstić information content (AvgIpc) is 3.16. The van der Waals surface area contributed by atoms with Crippen LogP contribution in [0.2, 0.25) is 0 Å². The van der Waals surface area contributed by atoms with Gasteiger partial charge in [-0.3, -0.25) is 9.59 Å². The van der Waals surface area contributed by atoms with Gasteiger partial charge in [-0.2, -0.15) is 4.31 Å². The molecule has 8 heteroatoms. The van der Waals surface area contributed by atoms with Crippen molar-refractivity contribution < 1.29 is 18.0 Å². The molecule has 2 aromatic carbocycles. The van der Waals surface area contributed by atoms with Crippen molar-refractivity contribution in [3.63, 3.8) is 0 Å². The van der Waals surface area contributed by atoms with Crippen molar-refractivity contribution in [1.29, 1.82) is 0 Å². The number of piperidine rings is 1. The van der Waals surface area contributed by atoms with Crippen LogP contribution in [0.25, 0.3) is 0 Å². The van der Waals surface area contributed by atoms with Crippen LogP contribution in [0.5, 0.6) is 0 Å². The molecule has 7 nitrogen and oxygen atoms in total. The highest BCUT2D eigenvalue weighted by Gasteiger charge is 2.32. The minimum Gasteiger partial charge on any atom is -0.347 e. The van der Waals surface area contributed by atoms with Crippen molar-refractivity contribution in [3.05, 3.63) is 59.2 Å². The zero-order valence-electron chi connectivity index (χ0n) is 18.5. The van der Waals surface area contributed by atoms with E-state index < -0.39 is 10.0 Å². The van der Waals surface area contributed by atoms with Crippen molar-refractivity contribution >= 4 is 27.5 Å². The summed E-state index contributed by atoms with van der Waals surface area (Å²) in [6.45, 7) is 5.52. The molecule has 2 saturated heterocycles. The standard InChI is InChI=1S/C24H29N3O4S/c1-17-6-9-21(14-18(17)2)27-16-20(15-23(27)28)25-24(29)19-7-10-22(11-8-19)32(30,31)26-12-4-3-5-13-26/h6-11,14,20H,3-5,12-13,15-16H2,1-2H3,(H,25,29)/t20-/m1/s1. The van der Waals surface area contributed by atoms with Crippen LogP contribution in [-0.4, -0.2) is 50.2 Å². The quantitative estimate of drug-likeness (QED) is 0.751. The van der Waals surface area contributed by atoms with E-state index in [1.807, 2.05) is 32.0 Å². The van der Waals surface area contributed by atoms with Gasteiger partial charge in [-0.25, -0.2) is 8.42 Å². The van der Waals surface area contributed by atoms with E-state index >= 15 is 0 Å². The number of sulfonamides is 1. The second-order valence-electron chi connectivity index (χ2n) is 8.64. The van der Waals surface area contributed by atoms with Gasteiger partial charge in [0.15, 0.2) is 0 Å². The van der Waals surface area contributed by atoms with Crippen LogP contribution in [0.3, 0.4) is 0 Å². The van der Waals surface area contributed by atoms with Crippen LogP contribution in [-0.2, 0) is 14.8 Å². The molecule has 0 unspecified atom stereocenters. The second kappa shape index (κ2) is 9.03. The van der Waals surface area contributed by atoms with Crippen molar-refractivity contribution in [2.75, 3.05) is 24.5 Å². The highest BCUT2D eigenvalue weighted by atomic mass is 32.2. The number of carbonyl (C=O) groups excluding carboxylic acids is 2. The Bertz CT molecular complexity index is 1120. The van der Waals surface area contributed by atoms with Gasteiger partial charge in [0.05, 0.1) is 10.9 Å². The summed E-state index contributed by atoms with van der Waals surface area (Å²) < 4.78 is 27.1. The molecule has 2 aromatic rings. The number of hydrogen-bond donors (Lipinski definition) is 1. The number of nitrogens with one attached hydrogen (secondary N) is 1. The summed E-state index contributed by atoms with van der Waals surface area (Å²) >= 11 is 0. The molecule has 0 saturated carbocycles. The van der Waals surface area contributed by atoms with E-state index in [1.54, 1.807) is 4.90 Å². The lowest BCUT2D eigenvalue weighted by Crippen LogP contribution is -2.37. The molecule has 1 N–H and O–H groups in total. The number of benzene rings is 2. The van der Waals surface area contributed by atoms with Crippen LogP contribution in [0.15, 0.2) is 47.4 Å². The predicted octanol–water partition coefficient (Wildman–Crippen LogP) is 3.01. The largest absolute Gasteiger partial charge is 0.347 e. The normalized spacial score (nSPS) is 19.9. The SMILES string of the molecule is Cc1ccc(N2C[C@H](NC(=O)c3ccc(S(=O)(=O)N4CCCCC4)cc3)CC2=O)cc1C. The third-order valence-corrected chi connectivity index (χ3v) is 8.24. The number of rotatable bonds is 5. The number of hydrogen-bond acceptors (Lipinski definition) is 4. The first-order valence-corrected chi connectivity index (χ1v) is 12.5. The minimum atomic E-state index is -3.53. The summed E-state index contributed by atoms with van der Waals surface area (Å²) in [5, 5.41) is 2.91. The number of aryl methyl sites for hydroxylation is 2. The van der Waals surface area contributed by atoms with E-state index in [4.69, 9.17) is 0 Å². The first-order chi connectivity index (χ1) is 15.3. The van der Waals surface area contributed by atoms with Gasteiger partial charge in [-0.15, -0.1) is 0 Å². The summed E-state index contributed by atoms with van der Waals surface area (Å²) in [4.78, 5) is 27.1. The van der Waals surface area contributed by atoms with Crippen molar-refractivity contribution in [2.45, 2.75) is 50.5 Å². The monoisotopic (exact) mass is 455 g/mol. The Labute approximate surface area is 189 Å². The third kappa shape index (κ3) is 4.56. The van der Waals surface area contributed by atoms with E-state index in [2.05, 4.69) is 5.32 Å². The zero-order valence-corrected chi connectivity index (χ0v) is 19.3. The molecule has 2 aliphatic rings. The Kier molecular flexibility index (Phi) is 6.35. The first kappa shape index (κ1) is 22.5. The fraction of sp³-hybridized carbons (Fsp3) is 0.417. The summed E-state index contributed by atoms with van der Waals surface area (Å²) in [6.07, 6.45) is 3.04. The van der Waals surface area contributed by atoms with Crippen molar-refractivity contribution in [1.82, 2.24) is 9.62 Å². The number of amides is 2. The number of nitrogens with zero attached hydrogens (tertiary/aromatic N) is 2. The van der Waals surface area contributed by atoms with Gasteiger partial charge in [-0.05, 0) is 74.2 Å². The maximum absolute atomic E-state index is 12.8. The van der Waals surface area contributed by atoms with Crippen molar-refractivity contribution in [3.8, 4) is 0 Å². The zero-order chi connectivity index (χ0) is 22.9. The van der Waals surface area contributed by atoms with E-state index in [0.29, 0.717) is 25.2 Å². The molecular formula is C24H29N3O4S. The molecule has 0 spiro atoms. The molecule has 0 radical (unpaired) electrons. The Morgan fingerprint density at radius 2 is 1.66 bits per heavy atom. The minimum absolute atomic E-state index is 0.0264. The molecule has 2 heterocycles. The van der Waals surface area contributed by atoms with Gasteiger partial charge in [0.2, 0.25) is 15.9 Å². The van der Waals surface area contributed by atoms with Crippen LogP contribution >= 0.6 is 0 Å². The fourth-order valence-corrected chi connectivity index (χ4v) is 5.77. The van der Waals surface area contributed by atoms with Crippen LogP contribution in [0.1, 0.15) is 47.2 Å². The van der Waals surface area contributed by atoms with E-state index in [-0.39, 0.29) is 29.2 Å². The Morgan fingerprint density at radius 3 is 2.31 bits per heavy atom. The first-order valence-electron chi connectivity index (χ1n) is 11.0. The predicted molar refractivity (Wildman–Crippen MR) is 123 cm³/mol. The molecule has 0 aliphatic carbocycles. The fourth-order valence-electron chi connectivity index (χ4n) is 4.25. The lowest BCUT2D eigenvalue weighted by Gasteiger charge is -2.25. The molecule has 0 aromatic heterocycles. The molecule has 170 valence electrons. The number of carbonyl (C=O) groups is 2. The van der Waals surface area contributed by atoms with Gasteiger partial charge in [0, 0.05) is 37.3 Å². The van der Waals surface area contributed by atoms with Gasteiger partial charge in [-0.1, -0.05) is 12.5 Å². The van der Waals surface area contributed by atoms with Gasteiger partial charge in [0.1, 0.15) is 0 Å². The molecule has 1 atom stereocenters. The summed E-state index contributed by atoms with van der Waals surface area (Å²) in [5.41, 5.74) is 3.49. The lowest BCUT2D eigenvalue weighted by atomic mass is 10.1. The Balaban J connectivity index is 1.41. The van der Waals surface area contributed by atoms with E-state index in [0.717, 1.165) is 36.1 Å². The Morgan fingerprint density at radius 1 is 0.969 bits per heavy atom. The van der Waals surface area contributed by atoms with E-state index in [9.17, 15) is 18.0 Å². The third-order valence-electron chi connectivity index (χ3n) is 6.33. The molecule has 32 heavy (non-hydrogen) atoms. The van der Waals surface area contributed by atoms with Gasteiger partial charge in [0.25, 0.3) is 5.91 Å². The van der Waals surface area contributed by atoms with Gasteiger partial charge < -0.3 is 10.2 Å². The molecule has 2 fully saturated rings. The maximum Gasteiger partial charge on any atom is 0.251 e. The van der Waals surface area contributed by atoms with Crippen molar-refractivity contribution in [2.24, 2.45) is 0 Å². The van der Waals surface area contributed by atoms with Crippen LogP contribution < -0.4 is 10.2 Å². The average molecular weight is 456 g/mol. The number of anilines is 1. The summed E-state index contributed by atoms with van der Waals surface area (Å²) in [7, 11) is -3.53. The second-order valence-corrected chi connectivity index (χ2v) is 10.6. The molecule has 2 amide bonds. The van der Waals surface area contributed by atoms with Crippen LogP contribution in [0.4, 0.5) is 5.69 Å². The highest BCUT2D eigenvalue weighted by molar-refractivity contribution is 7.89. The molecule has 4 rings (SSSR count). The summed E-state index contributed by atoms with van der Waals surface area (Å²) in [5.74, 6) is -0.340. The highest BCUT2D eigenvalue weighted by Crippen LogP contribution is 2.25. The molecule has 2 aliphatic heterocycles. The topological polar surface area (TPSA) is 86.8 Å². The van der Waals surface area contributed by atoms with Crippen LogP contribution in [0, 0.1) is 13.8 Å². The molecule has 0 bridgehead atoms. The lowest BCUT2D eigenvalue weighted by molar-refractivity contribution is -0.117. The Hall–Kier alpha value is -2.71. The van der Waals surface area contributed by atoms with E-state index in [1.165, 1.54) is 28.6 Å². The van der Waals surface area contributed by atoms with Gasteiger partial charge >= 0.3 is 0 Å². The summed E-state index contributed by atoms with van der Waals surface area (Å²) in [6, 6.07) is 11.6. The maximum atomic E-state index is 12.8.